The summed E-state index contributed by atoms with van der Waals surface area (Å²) < 4.78 is 1.96. The van der Waals surface area contributed by atoms with Gasteiger partial charge in [-0.15, -0.1) is 11.3 Å². The Kier molecular flexibility index (Phi) is 3.88. The van der Waals surface area contributed by atoms with Gasteiger partial charge in [0.1, 0.15) is 0 Å². The maximum atomic E-state index is 4.48. The van der Waals surface area contributed by atoms with Crippen molar-refractivity contribution in [3.63, 3.8) is 0 Å². The Balaban J connectivity index is 2.15. The molecular weight excluding hydrogens is 242 g/mol. The topological polar surface area (TPSA) is 29.9 Å². The molecule has 4 heteroatoms. The lowest BCUT2D eigenvalue weighted by Crippen LogP contribution is -2.22. The van der Waals surface area contributed by atoms with Crippen molar-refractivity contribution in [2.45, 2.75) is 39.8 Å². The zero-order valence-electron chi connectivity index (χ0n) is 11.7. The fraction of sp³-hybridized carbons (Fsp3) is 0.500. The normalized spacial score (nSPS) is 14.7. The smallest absolute Gasteiger partial charge is 0.0644 e. The summed E-state index contributed by atoms with van der Waals surface area (Å²) in [5, 5.41) is 10.3. The van der Waals surface area contributed by atoms with Gasteiger partial charge in [0.2, 0.25) is 0 Å². The summed E-state index contributed by atoms with van der Waals surface area (Å²) in [6, 6.07) is 4.97. The minimum absolute atomic E-state index is 0.316. The Morgan fingerprint density at radius 2 is 2.00 bits per heavy atom. The van der Waals surface area contributed by atoms with E-state index in [2.05, 4.69) is 55.6 Å². The molecule has 0 aliphatic heterocycles. The molecule has 0 amide bonds. The minimum Gasteiger partial charge on any atom is -0.303 e. The standard InChI is InChI=1S/C14H21N3S/c1-9(13-7-6-8-18-13)15-10(2)14-11(3)16-17(5)12(14)4/h6-10,15H,1-5H3/t9-,10?/m1/s1. The van der Waals surface area contributed by atoms with Crippen LogP contribution in [-0.2, 0) is 7.05 Å². The molecule has 18 heavy (non-hydrogen) atoms. The third-order valence-electron chi connectivity index (χ3n) is 3.47. The van der Waals surface area contributed by atoms with Crippen LogP contribution in [0.3, 0.4) is 0 Å². The van der Waals surface area contributed by atoms with E-state index in [0.717, 1.165) is 5.69 Å². The summed E-state index contributed by atoms with van der Waals surface area (Å²) in [6.45, 7) is 8.63. The molecule has 1 unspecified atom stereocenters. The molecule has 2 rings (SSSR count). The number of aryl methyl sites for hydroxylation is 2. The Morgan fingerprint density at radius 3 is 2.50 bits per heavy atom. The lowest BCUT2D eigenvalue weighted by molar-refractivity contribution is 0.496. The van der Waals surface area contributed by atoms with Crippen molar-refractivity contribution in [3.8, 4) is 0 Å². The number of aromatic nitrogens is 2. The van der Waals surface area contributed by atoms with Gasteiger partial charge in [0.15, 0.2) is 0 Å². The second-order valence-corrected chi connectivity index (χ2v) is 5.81. The largest absolute Gasteiger partial charge is 0.303 e. The highest BCUT2D eigenvalue weighted by Gasteiger charge is 2.18. The van der Waals surface area contributed by atoms with Crippen molar-refractivity contribution in [2.75, 3.05) is 0 Å². The lowest BCUT2D eigenvalue weighted by Gasteiger charge is -2.19. The van der Waals surface area contributed by atoms with Crippen LogP contribution < -0.4 is 5.32 Å². The highest BCUT2D eigenvalue weighted by Crippen LogP contribution is 2.25. The molecule has 3 nitrogen and oxygen atoms in total. The molecule has 0 radical (unpaired) electrons. The van der Waals surface area contributed by atoms with E-state index >= 15 is 0 Å². The van der Waals surface area contributed by atoms with E-state index in [4.69, 9.17) is 0 Å². The summed E-state index contributed by atoms with van der Waals surface area (Å²) >= 11 is 1.80. The molecule has 0 saturated carbocycles. The number of thiophene rings is 1. The molecule has 0 saturated heterocycles. The van der Waals surface area contributed by atoms with Crippen LogP contribution in [0.4, 0.5) is 0 Å². The molecule has 98 valence electrons. The molecule has 0 aliphatic carbocycles. The Bertz CT molecular complexity index is 513. The third-order valence-corrected chi connectivity index (χ3v) is 4.52. The minimum atomic E-state index is 0.316. The molecule has 2 aromatic rings. The number of hydrogen-bond donors (Lipinski definition) is 1. The summed E-state index contributed by atoms with van der Waals surface area (Å²) in [5.41, 5.74) is 3.68. The molecule has 0 aliphatic rings. The SMILES string of the molecule is Cc1nn(C)c(C)c1C(C)N[C@H](C)c1cccs1. The van der Waals surface area contributed by atoms with Gasteiger partial charge >= 0.3 is 0 Å². The van der Waals surface area contributed by atoms with Crippen molar-refractivity contribution in [1.29, 1.82) is 0 Å². The van der Waals surface area contributed by atoms with Gasteiger partial charge < -0.3 is 5.32 Å². The predicted molar refractivity (Wildman–Crippen MR) is 77.0 cm³/mol. The van der Waals surface area contributed by atoms with Crippen LogP contribution in [-0.4, -0.2) is 9.78 Å². The van der Waals surface area contributed by atoms with Crippen molar-refractivity contribution < 1.29 is 0 Å². The second kappa shape index (κ2) is 5.24. The van der Waals surface area contributed by atoms with E-state index in [0.29, 0.717) is 12.1 Å². The number of nitrogens with zero attached hydrogens (tertiary/aromatic N) is 2. The zero-order chi connectivity index (χ0) is 13.3. The van der Waals surface area contributed by atoms with Crippen LogP contribution >= 0.6 is 11.3 Å². The first-order valence-electron chi connectivity index (χ1n) is 6.30. The average molecular weight is 263 g/mol. The van der Waals surface area contributed by atoms with Gasteiger partial charge in [-0.25, -0.2) is 0 Å². The molecule has 0 spiro atoms. The number of rotatable bonds is 4. The molecule has 1 N–H and O–H groups in total. The van der Waals surface area contributed by atoms with E-state index < -0.39 is 0 Å². The van der Waals surface area contributed by atoms with Crippen LogP contribution in [0.5, 0.6) is 0 Å². The predicted octanol–water partition coefficient (Wildman–Crippen LogP) is 3.51. The Labute approximate surface area is 113 Å². The van der Waals surface area contributed by atoms with Gasteiger partial charge in [0.05, 0.1) is 5.69 Å². The fourth-order valence-corrected chi connectivity index (χ4v) is 3.24. The lowest BCUT2D eigenvalue weighted by atomic mass is 10.1. The van der Waals surface area contributed by atoms with Gasteiger partial charge in [-0.05, 0) is 39.1 Å². The van der Waals surface area contributed by atoms with Gasteiger partial charge in [-0.2, -0.15) is 5.10 Å². The second-order valence-electron chi connectivity index (χ2n) is 4.83. The monoisotopic (exact) mass is 263 g/mol. The van der Waals surface area contributed by atoms with Gasteiger partial charge in [-0.1, -0.05) is 6.07 Å². The highest BCUT2D eigenvalue weighted by molar-refractivity contribution is 7.10. The fourth-order valence-electron chi connectivity index (χ4n) is 2.49. The first kappa shape index (κ1) is 13.3. The molecule has 2 atom stereocenters. The van der Waals surface area contributed by atoms with E-state index in [-0.39, 0.29) is 0 Å². The van der Waals surface area contributed by atoms with Crippen molar-refractivity contribution in [3.05, 3.63) is 39.3 Å². The Hall–Kier alpha value is -1.13. The number of hydrogen-bond acceptors (Lipinski definition) is 3. The quantitative estimate of drug-likeness (QED) is 0.915. The average Bonchev–Trinajstić information content (AvgIpc) is 2.88. The van der Waals surface area contributed by atoms with Crippen LogP contribution in [0.2, 0.25) is 0 Å². The summed E-state index contributed by atoms with van der Waals surface area (Å²) in [4.78, 5) is 1.38. The summed E-state index contributed by atoms with van der Waals surface area (Å²) in [5.74, 6) is 0. The van der Waals surface area contributed by atoms with Crippen molar-refractivity contribution >= 4 is 11.3 Å². The van der Waals surface area contributed by atoms with Crippen LogP contribution in [0, 0.1) is 13.8 Å². The molecule has 2 aromatic heterocycles. The zero-order valence-corrected chi connectivity index (χ0v) is 12.5. The Morgan fingerprint density at radius 1 is 1.28 bits per heavy atom. The molecular formula is C14H21N3S. The van der Waals surface area contributed by atoms with Gasteiger partial charge in [0, 0.05) is 35.3 Å². The summed E-state index contributed by atoms with van der Waals surface area (Å²) in [7, 11) is 2.00. The van der Waals surface area contributed by atoms with Crippen LogP contribution in [0.25, 0.3) is 0 Å². The summed E-state index contributed by atoms with van der Waals surface area (Å²) in [6.07, 6.45) is 0. The highest BCUT2D eigenvalue weighted by atomic mass is 32.1. The van der Waals surface area contributed by atoms with Crippen molar-refractivity contribution in [1.82, 2.24) is 15.1 Å². The van der Waals surface area contributed by atoms with E-state index in [1.165, 1.54) is 16.1 Å². The van der Waals surface area contributed by atoms with E-state index in [1.807, 2.05) is 11.7 Å². The molecule has 0 fully saturated rings. The van der Waals surface area contributed by atoms with Crippen LogP contribution in [0.15, 0.2) is 17.5 Å². The van der Waals surface area contributed by atoms with Crippen LogP contribution in [0.1, 0.15) is 47.8 Å². The molecule has 0 bridgehead atoms. The maximum Gasteiger partial charge on any atom is 0.0644 e. The van der Waals surface area contributed by atoms with E-state index in [1.54, 1.807) is 11.3 Å². The van der Waals surface area contributed by atoms with Gasteiger partial charge in [0.25, 0.3) is 0 Å². The van der Waals surface area contributed by atoms with Crippen molar-refractivity contribution in [2.24, 2.45) is 7.05 Å². The third kappa shape index (κ3) is 2.49. The first-order chi connectivity index (χ1) is 8.50. The van der Waals surface area contributed by atoms with E-state index in [9.17, 15) is 0 Å². The first-order valence-corrected chi connectivity index (χ1v) is 7.18. The number of nitrogens with one attached hydrogen (secondary N) is 1. The van der Waals surface area contributed by atoms with Gasteiger partial charge in [-0.3, -0.25) is 4.68 Å². The maximum absolute atomic E-state index is 4.48. The molecule has 0 aromatic carbocycles. The molecule has 2 heterocycles.